The summed E-state index contributed by atoms with van der Waals surface area (Å²) in [4.78, 5) is 0. The number of ether oxygens (including phenoxy) is 1. The number of rotatable bonds is 21. The minimum absolute atomic E-state index is 0.457. The zero-order valence-electron chi connectivity index (χ0n) is 18.8. The first-order valence-electron chi connectivity index (χ1n) is 11.8. The van der Waals surface area contributed by atoms with Crippen LogP contribution in [-0.4, -0.2) is 31.4 Å². The van der Waals surface area contributed by atoms with Crippen molar-refractivity contribution in [3.63, 3.8) is 0 Å². The smallest absolute Gasteiger partial charge is 0.105 e. The Hall–Kier alpha value is -0.540. The van der Waals surface area contributed by atoms with Crippen molar-refractivity contribution < 1.29 is 9.84 Å². The summed E-state index contributed by atoms with van der Waals surface area (Å²) < 4.78 is 5.68. The maximum atomic E-state index is 9.56. The summed E-state index contributed by atoms with van der Waals surface area (Å²) in [6.07, 6.45) is 20.6. The van der Waals surface area contributed by atoms with E-state index in [1.54, 1.807) is 0 Å². The van der Waals surface area contributed by atoms with Crippen LogP contribution in [0.4, 0.5) is 0 Å². The maximum Gasteiger partial charge on any atom is 0.105 e. The van der Waals surface area contributed by atoms with Crippen molar-refractivity contribution in [2.45, 2.75) is 117 Å². The number of allylic oxidation sites excluding steroid dienone is 1. The van der Waals surface area contributed by atoms with Crippen molar-refractivity contribution in [3.8, 4) is 0 Å². The molecule has 0 bridgehead atoms. The summed E-state index contributed by atoms with van der Waals surface area (Å²) in [7, 11) is 0. The molecule has 0 aliphatic heterocycles. The minimum Gasteiger partial charge on any atom is -0.511 e. The van der Waals surface area contributed by atoms with Gasteiger partial charge in [-0.25, -0.2) is 0 Å². The zero-order valence-corrected chi connectivity index (χ0v) is 18.8. The van der Waals surface area contributed by atoms with Crippen LogP contribution in [0.2, 0.25) is 0 Å². The van der Waals surface area contributed by atoms with Crippen LogP contribution in [-0.2, 0) is 4.74 Å². The fourth-order valence-electron chi connectivity index (χ4n) is 3.18. The van der Waals surface area contributed by atoms with Gasteiger partial charge >= 0.3 is 0 Å². The van der Waals surface area contributed by atoms with E-state index in [0.717, 1.165) is 31.8 Å². The molecule has 0 aromatic carbocycles. The lowest BCUT2D eigenvalue weighted by molar-refractivity contribution is 0.127. The lowest BCUT2D eigenvalue weighted by atomic mass is 10.0. The van der Waals surface area contributed by atoms with Crippen molar-refractivity contribution in [2.75, 3.05) is 26.3 Å². The standard InChI is InChI=1S/C24H49NO2/c1-4-5-6-7-8-9-10-11-12-13-14-15-16-17-20-27-21-18-19-25-22-24(26)23(2)3/h25-26H,4-22H2,1-3H3. The number of aliphatic hydroxyl groups excluding tert-OH is 1. The largest absolute Gasteiger partial charge is 0.511 e. The molecule has 2 N–H and O–H groups in total. The minimum atomic E-state index is 0.457. The van der Waals surface area contributed by atoms with Crippen molar-refractivity contribution in [2.24, 2.45) is 0 Å². The summed E-state index contributed by atoms with van der Waals surface area (Å²) in [5.74, 6) is 0.457. The molecule has 0 fully saturated rings. The Morgan fingerprint density at radius 3 is 1.59 bits per heavy atom. The molecule has 0 saturated heterocycles. The number of hydrogen-bond acceptors (Lipinski definition) is 3. The molecule has 0 rings (SSSR count). The van der Waals surface area contributed by atoms with E-state index in [1.807, 2.05) is 13.8 Å². The van der Waals surface area contributed by atoms with Crippen LogP contribution in [0.15, 0.2) is 11.3 Å². The Balaban J connectivity index is 3.06. The summed E-state index contributed by atoms with van der Waals surface area (Å²) in [6.45, 7) is 9.33. The molecule has 162 valence electrons. The second-order valence-electron chi connectivity index (χ2n) is 8.19. The molecule has 0 aromatic rings. The van der Waals surface area contributed by atoms with Gasteiger partial charge in [0.05, 0.1) is 6.54 Å². The highest BCUT2D eigenvalue weighted by Gasteiger charge is 1.96. The topological polar surface area (TPSA) is 41.5 Å². The summed E-state index contributed by atoms with van der Waals surface area (Å²) in [5.41, 5.74) is 0.983. The molecule has 0 radical (unpaired) electrons. The van der Waals surface area contributed by atoms with Gasteiger partial charge in [0.2, 0.25) is 0 Å². The van der Waals surface area contributed by atoms with Gasteiger partial charge in [0.1, 0.15) is 5.76 Å². The zero-order chi connectivity index (χ0) is 20.0. The average Bonchev–Trinajstić information content (AvgIpc) is 2.66. The van der Waals surface area contributed by atoms with Gasteiger partial charge in [0.25, 0.3) is 0 Å². The number of nitrogens with one attached hydrogen (secondary N) is 1. The number of hydrogen-bond donors (Lipinski definition) is 2. The van der Waals surface area contributed by atoms with Crippen LogP contribution in [0.25, 0.3) is 0 Å². The predicted octanol–water partition coefficient (Wildman–Crippen LogP) is 7.32. The molecule has 0 atom stereocenters. The fraction of sp³-hybridized carbons (Fsp3) is 0.917. The van der Waals surface area contributed by atoms with Crippen LogP contribution in [0.3, 0.4) is 0 Å². The third-order valence-electron chi connectivity index (χ3n) is 5.15. The van der Waals surface area contributed by atoms with Gasteiger partial charge in [0.15, 0.2) is 0 Å². The Morgan fingerprint density at radius 1 is 0.667 bits per heavy atom. The van der Waals surface area contributed by atoms with Gasteiger partial charge in [-0.1, -0.05) is 90.4 Å². The highest BCUT2D eigenvalue weighted by molar-refractivity contribution is 5.02. The second-order valence-corrected chi connectivity index (χ2v) is 8.19. The first-order chi connectivity index (χ1) is 13.2. The Morgan fingerprint density at radius 2 is 1.11 bits per heavy atom. The van der Waals surface area contributed by atoms with Gasteiger partial charge in [-0.15, -0.1) is 0 Å². The molecule has 0 aliphatic rings. The third-order valence-corrected chi connectivity index (χ3v) is 5.15. The summed E-state index contributed by atoms with van der Waals surface area (Å²) >= 11 is 0. The third kappa shape index (κ3) is 21.6. The van der Waals surface area contributed by atoms with Gasteiger partial charge in [-0.05, 0) is 38.8 Å². The lowest BCUT2D eigenvalue weighted by Crippen LogP contribution is -2.20. The van der Waals surface area contributed by atoms with Crippen LogP contribution >= 0.6 is 0 Å². The molecule has 0 heterocycles. The molecular formula is C24H49NO2. The highest BCUT2D eigenvalue weighted by atomic mass is 16.5. The first-order valence-corrected chi connectivity index (χ1v) is 11.8. The van der Waals surface area contributed by atoms with Crippen LogP contribution in [0.1, 0.15) is 117 Å². The quantitative estimate of drug-likeness (QED) is 0.161. The molecule has 0 unspecified atom stereocenters. The Labute approximate surface area is 170 Å². The summed E-state index contributed by atoms with van der Waals surface area (Å²) in [5, 5.41) is 12.8. The van der Waals surface area contributed by atoms with E-state index in [4.69, 9.17) is 4.74 Å². The molecule has 27 heavy (non-hydrogen) atoms. The summed E-state index contributed by atoms with van der Waals surface area (Å²) in [6, 6.07) is 0. The van der Waals surface area contributed by atoms with E-state index >= 15 is 0 Å². The Bertz CT molecular complexity index is 324. The van der Waals surface area contributed by atoms with E-state index in [0.29, 0.717) is 12.3 Å². The number of unbranched alkanes of at least 4 members (excludes halogenated alkanes) is 13. The van der Waals surface area contributed by atoms with Crippen molar-refractivity contribution in [1.29, 1.82) is 0 Å². The van der Waals surface area contributed by atoms with E-state index < -0.39 is 0 Å². The molecule has 0 aliphatic carbocycles. The van der Waals surface area contributed by atoms with Crippen LogP contribution < -0.4 is 5.32 Å². The predicted molar refractivity (Wildman–Crippen MR) is 120 cm³/mol. The van der Waals surface area contributed by atoms with Crippen LogP contribution in [0.5, 0.6) is 0 Å². The van der Waals surface area contributed by atoms with Gasteiger partial charge < -0.3 is 15.2 Å². The molecule has 0 spiro atoms. The van der Waals surface area contributed by atoms with E-state index in [9.17, 15) is 5.11 Å². The average molecular weight is 384 g/mol. The molecule has 0 amide bonds. The van der Waals surface area contributed by atoms with Gasteiger partial charge in [-0.2, -0.15) is 0 Å². The Kier molecular flexibility index (Phi) is 21.3. The molecule has 3 heteroatoms. The lowest BCUT2D eigenvalue weighted by Gasteiger charge is -2.07. The second kappa shape index (κ2) is 21.8. The molecule has 0 saturated carbocycles. The van der Waals surface area contributed by atoms with Crippen molar-refractivity contribution in [1.82, 2.24) is 5.32 Å². The van der Waals surface area contributed by atoms with Gasteiger partial charge in [0, 0.05) is 13.2 Å². The van der Waals surface area contributed by atoms with E-state index in [2.05, 4.69) is 12.2 Å². The normalized spacial score (nSPS) is 11.1. The SMILES string of the molecule is CCCCCCCCCCCCCCCCOCCCNCC(O)=C(C)C. The fourth-order valence-corrected chi connectivity index (χ4v) is 3.18. The first kappa shape index (κ1) is 26.5. The molecular weight excluding hydrogens is 334 g/mol. The maximum absolute atomic E-state index is 9.56. The van der Waals surface area contributed by atoms with Crippen molar-refractivity contribution in [3.05, 3.63) is 11.3 Å². The number of aliphatic hydroxyl groups is 1. The van der Waals surface area contributed by atoms with E-state index in [1.165, 1.54) is 89.9 Å². The molecule has 0 aromatic heterocycles. The van der Waals surface area contributed by atoms with E-state index in [-0.39, 0.29) is 0 Å². The monoisotopic (exact) mass is 383 g/mol. The van der Waals surface area contributed by atoms with Crippen LogP contribution in [0, 0.1) is 0 Å². The molecule has 3 nitrogen and oxygen atoms in total. The highest BCUT2D eigenvalue weighted by Crippen LogP contribution is 2.12. The van der Waals surface area contributed by atoms with Crippen molar-refractivity contribution >= 4 is 0 Å². The van der Waals surface area contributed by atoms with Gasteiger partial charge in [-0.3, -0.25) is 0 Å².